The highest BCUT2D eigenvalue weighted by molar-refractivity contribution is 7.90. The van der Waals surface area contributed by atoms with Crippen LogP contribution in [0.4, 0.5) is 4.39 Å². The fourth-order valence-electron chi connectivity index (χ4n) is 2.54. The molecule has 0 heterocycles. The zero-order valence-electron chi connectivity index (χ0n) is 16.6. The first-order valence-electron chi connectivity index (χ1n) is 8.57. The number of aryl methyl sites for hydroxylation is 1. The van der Waals surface area contributed by atoms with Gasteiger partial charge in [0.15, 0.2) is 28.0 Å². The average Bonchev–Trinajstić information content (AvgIpc) is 2.65. The van der Waals surface area contributed by atoms with E-state index >= 15 is 0 Å². The maximum atomic E-state index is 13.8. The smallest absolute Gasteiger partial charge is 0.338 e. The number of methoxy groups -OCH3 is 1. The van der Waals surface area contributed by atoms with Crippen LogP contribution in [-0.2, 0) is 25.9 Å². The van der Waals surface area contributed by atoms with Crippen molar-refractivity contribution in [3.05, 3.63) is 58.9 Å². The number of sulfone groups is 1. The summed E-state index contributed by atoms with van der Waals surface area (Å²) in [5.74, 6) is -1.74. The molecular weight excluding hydrogens is 401 g/mol. The van der Waals surface area contributed by atoms with Gasteiger partial charge in [-0.3, -0.25) is 4.79 Å². The lowest BCUT2D eigenvalue weighted by molar-refractivity contribution is -0.133. The Morgan fingerprint density at radius 2 is 1.83 bits per heavy atom. The molecule has 0 aliphatic carbocycles. The number of hydrogen-bond acceptors (Lipinski definition) is 6. The van der Waals surface area contributed by atoms with Crippen LogP contribution in [0, 0.1) is 12.7 Å². The van der Waals surface area contributed by atoms with Gasteiger partial charge in [-0.2, -0.15) is 0 Å². The molecule has 0 aliphatic heterocycles. The number of benzene rings is 2. The Hall–Kier alpha value is -2.94. The van der Waals surface area contributed by atoms with Crippen molar-refractivity contribution in [3.8, 4) is 5.75 Å². The first-order valence-corrected chi connectivity index (χ1v) is 10.5. The zero-order chi connectivity index (χ0) is 21.8. The number of esters is 1. The van der Waals surface area contributed by atoms with Crippen LogP contribution >= 0.6 is 0 Å². The zero-order valence-corrected chi connectivity index (χ0v) is 17.4. The molecule has 29 heavy (non-hydrogen) atoms. The Bertz CT molecular complexity index is 1040. The molecule has 0 bridgehead atoms. The van der Waals surface area contributed by atoms with E-state index in [1.807, 2.05) is 0 Å². The average molecular weight is 423 g/mol. The van der Waals surface area contributed by atoms with E-state index in [0.29, 0.717) is 11.1 Å². The summed E-state index contributed by atoms with van der Waals surface area (Å²) in [7, 11) is -0.636. The Kier molecular flexibility index (Phi) is 6.97. The number of likely N-dealkylation sites (N-methyl/N-ethyl adjacent to an activating group) is 1. The normalized spacial score (nSPS) is 11.1. The van der Waals surface area contributed by atoms with Crippen molar-refractivity contribution in [2.24, 2.45) is 0 Å². The Labute approximate surface area is 169 Å². The first kappa shape index (κ1) is 22.4. The molecule has 7 nitrogen and oxygen atoms in total. The Balaban J connectivity index is 2.01. The first-order chi connectivity index (χ1) is 13.5. The van der Waals surface area contributed by atoms with Crippen LogP contribution < -0.4 is 4.74 Å². The van der Waals surface area contributed by atoms with Gasteiger partial charge in [0, 0.05) is 19.8 Å². The summed E-state index contributed by atoms with van der Waals surface area (Å²) < 4.78 is 47.0. The van der Waals surface area contributed by atoms with Crippen LogP contribution in [0.5, 0.6) is 5.75 Å². The molecule has 2 rings (SSSR count). The fraction of sp³-hybridized carbons (Fsp3) is 0.300. The van der Waals surface area contributed by atoms with Crippen LogP contribution in [0.2, 0.25) is 0 Å². The van der Waals surface area contributed by atoms with Crippen LogP contribution in [0.25, 0.3) is 0 Å². The number of hydrogen-bond donors (Lipinski definition) is 0. The lowest BCUT2D eigenvalue weighted by Gasteiger charge is -2.18. The number of carbonyl (C=O) groups excluding carboxylic acids is 2. The van der Waals surface area contributed by atoms with Gasteiger partial charge in [0.1, 0.15) is 0 Å². The highest BCUT2D eigenvalue weighted by atomic mass is 32.2. The molecule has 0 spiro atoms. The van der Waals surface area contributed by atoms with Gasteiger partial charge in [-0.05, 0) is 42.3 Å². The number of halogens is 1. The van der Waals surface area contributed by atoms with E-state index in [0.717, 1.165) is 6.26 Å². The molecule has 2 aromatic rings. The molecule has 0 atom stereocenters. The second-order valence-corrected chi connectivity index (χ2v) is 8.56. The Morgan fingerprint density at radius 1 is 1.14 bits per heavy atom. The molecule has 0 aromatic heterocycles. The highest BCUT2D eigenvalue weighted by Gasteiger charge is 2.18. The summed E-state index contributed by atoms with van der Waals surface area (Å²) in [5, 5.41) is 0. The topological polar surface area (TPSA) is 90.0 Å². The van der Waals surface area contributed by atoms with Crippen molar-refractivity contribution in [2.75, 3.05) is 27.0 Å². The van der Waals surface area contributed by atoms with Crippen molar-refractivity contribution in [1.29, 1.82) is 0 Å². The predicted octanol–water partition coefficient (Wildman–Crippen LogP) is 2.36. The third-order valence-corrected chi connectivity index (χ3v) is 5.36. The van der Waals surface area contributed by atoms with Crippen molar-refractivity contribution in [3.63, 3.8) is 0 Å². The van der Waals surface area contributed by atoms with E-state index < -0.39 is 34.1 Å². The number of nitrogens with zero attached hydrogens (tertiary/aromatic N) is 1. The molecule has 0 fully saturated rings. The second-order valence-electron chi connectivity index (χ2n) is 6.54. The molecule has 0 radical (unpaired) electrons. The summed E-state index contributed by atoms with van der Waals surface area (Å²) in [5.41, 5.74) is 1.14. The molecule has 9 heteroatoms. The predicted molar refractivity (Wildman–Crippen MR) is 104 cm³/mol. The molecule has 0 saturated heterocycles. The van der Waals surface area contributed by atoms with E-state index in [1.165, 1.54) is 49.4 Å². The SMILES string of the molecule is COc1ccc(CN(C)C(=O)COC(=O)c2cc(S(C)(=O)=O)ccc2C)cc1F. The van der Waals surface area contributed by atoms with Crippen molar-refractivity contribution >= 4 is 21.7 Å². The standard InChI is InChI=1S/C20H22FNO6S/c1-13-5-7-15(29(4,25)26)10-16(13)20(24)28-12-19(23)22(2)11-14-6-8-18(27-3)17(21)9-14/h5-10H,11-12H2,1-4H3. The molecule has 0 saturated carbocycles. The van der Waals surface area contributed by atoms with Gasteiger partial charge < -0.3 is 14.4 Å². The minimum absolute atomic E-state index is 0.0139. The summed E-state index contributed by atoms with van der Waals surface area (Å²) in [6, 6.07) is 8.46. The molecule has 0 aliphatic rings. The van der Waals surface area contributed by atoms with Crippen molar-refractivity contribution in [2.45, 2.75) is 18.4 Å². The van der Waals surface area contributed by atoms with Crippen LogP contribution in [0.1, 0.15) is 21.5 Å². The van der Waals surface area contributed by atoms with Crippen LogP contribution in [0.3, 0.4) is 0 Å². The largest absolute Gasteiger partial charge is 0.494 e. The van der Waals surface area contributed by atoms with Gasteiger partial charge >= 0.3 is 5.97 Å². The molecule has 156 valence electrons. The van der Waals surface area contributed by atoms with E-state index in [1.54, 1.807) is 13.0 Å². The van der Waals surface area contributed by atoms with E-state index in [2.05, 4.69) is 0 Å². The lowest BCUT2D eigenvalue weighted by Crippen LogP contribution is -2.31. The van der Waals surface area contributed by atoms with E-state index in [4.69, 9.17) is 9.47 Å². The maximum absolute atomic E-state index is 13.8. The Morgan fingerprint density at radius 3 is 2.41 bits per heavy atom. The second kappa shape index (κ2) is 9.04. The number of rotatable bonds is 7. The molecule has 1 amide bonds. The molecular formula is C20H22FNO6S. The van der Waals surface area contributed by atoms with Gasteiger partial charge in [0.2, 0.25) is 0 Å². The maximum Gasteiger partial charge on any atom is 0.338 e. The quantitative estimate of drug-likeness (QED) is 0.635. The third kappa shape index (κ3) is 5.77. The number of amides is 1. The van der Waals surface area contributed by atoms with Crippen molar-refractivity contribution in [1.82, 2.24) is 4.90 Å². The van der Waals surface area contributed by atoms with Crippen LogP contribution in [0.15, 0.2) is 41.3 Å². The molecule has 0 unspecified atom stereocenters. The summed E-state index contributed by atoms with van der Waals surface area (Å²) in [4.78, 5) is 25.8. The molecule has 0 N–H and O–H groups in total. The fourth-order valence-corrected chi connectivity index (χ4v) is 3.18. The van der Waals surface area contributed by atoms with Gasteiger partial charge in [-0.1, -0.05) is 12.1 Å². The highest BCUT2D eigenvalue weighted by Crippen LogP contribution is 2.19. The summed E-state index contributed by atoms with van der Waals surface area (Å²) in [6.45, 7) is 1.21. The third-order valence-electron chi connectivity index (χ3n) is 4.25. The number of carbonyl (C=O) groups is 2. The van der Waals surface area contributed by atoms with Gasteiger partial charge in [0.25, 0.3) is 5.91 Å². The molecule has 2 aromatic carbocycles. The summed E-state index contributed by atoms with van der Waals surface area (Å²) in [6.07, 6.45) is 1.03. The minimum atomic E-state index is -3.49. The van der Waals surface area contributed by atoms with Crippen LogP contribution in [-0.4, -0.2) is 52.2 Å². The van der Waals surface area contributed by atoms with Gasteiger partial charge in [-0.25, -0.2) is 17.6 Å². The lowest BCUT2D eigenvalue weighted by atomic mass is 10.1. The minimum Gasteiger partial charge on any atom is -0.494 e. The van der Waals surface area contributed by atoms with E-state index in [-0.39, 0.29) is 22.8 Å². The monoisotopic (exact) mass is 423 g/mol. The van der Waals surface area contributed by atoms with Gasteiger partial charge in [0.05, 0.1) is 17.6 Å². The summed E-state index contributed by atoms with van der Waals surface area (Å²) >= 11 is 0. The van der Waals surface area contributed by atoms with Gasteiger partial charge in [-0.15, -0.1) is 0 Å². The van der Waals surface area contributed by atoms with Crippen molar-refractivity contribution < 1.29 is 31.9 Å². The van der Waals surface area contributed by atoms with E-state index in [9.17, 15) is 22.4 Å². The number of ether oxygens (including phenoxy) is 2.